The molecule has 33 heavy (non-hydrogen) atoms. The highest BCUT2D eigenvalue weighted by atomic mass is 16.5. The third kappa shape index (κ3) is 4.77. The van der Waals surface area contributed by atoms with Crippen molar-refractivity contribution in [2.75, 3.05) is 39.5 Å². The number of H-pyrrole nitrogens is 2. The lowest BCUT2D eigenvalue weighted by Gasteiger charge is -2.26. The number of aromatic nitrogens is 5. The smallest absolute Gasteiger partial charge is 0.181 e. The molecule has 0 aliphatic carbocycles. The molecule has 1 aliphatic rings. The molecule has 4 aromatic rings. The third-order valence-electron chi connectivity index (χ3n) is 5.90. The van der Waals surface area contributed by atoms with E-state index < -0.39 is 0 Å². The van der Waals surface area contributed by atoms with E-state index in [1.807, 2.05) is 30.3 Å². The lowest BCUT2D eigenvalue weighted by atomic mass is 9.96. The standard InChI is InChI=1S/C25H30N6O2/c1-25(2,3)24-26-23(29-30-24)18-7-8-21-20(16-18)22(28-27-21)17-5-4-6-19(15-17)33-14-11-31-9-12-32-13-10-31/h4-8,15-16H,9-14H2,1-3H3,(H,27,28)(H,26,29,30). The van der Waals surface area contributed by atoms with Crippen LogP contribution in [-0.2, 0) is 10.2 Å². The number of nitrogens with one attached hydrogen (secondary N) is 2. The number of morpholine rings is 1. The van der Waals surface area contributed by atoms with Crippen molar-refractivity contribution >= 4 is 10.9 Å². The topological polar surface area (TPSA) is 91.9 Å². The fraction of sp³-hybridized carbons (Fsp3) is 0.400. The fourth-order valence-electron chi connectivity index (χ4n) is 3.95. The number of aromatic amines is 2. The van der Waals surface area contributed by atoms with Crippen LogP contribution in [-0.4, -0.2) is 69.7 Å². The Morgan fingerprint density at radius 2 is 1.85 bits per heavy atom. The summed E-state index contributed by atoms with van der Waals surface area (Å²) >= 11 is 0. The second-order valence-corrected chi connectivity index (χ2v) is 9.42. The Hall–Kier alpha value is -3.23. The van der Waals surface area contributed by atoms with E-state index in [9.17, 15) is 0 Å². The Kier molecular flexibility index (Phi) is 5.86. The van der Waals surface area contributed by atoms with Gasteiger partial charge < -0.3 is 9.47 Å². The third-order valence-corrected chi connectivity index (χ3v) is 5.90. The van der Waals surface area contributed by atoms with E-state index in [0.29, 0.717) is 12.4 Å². The number of ether oxygens (including phenoxy) is 2. The Balaban J connectivity index is 1.36. The maximum Gasteiger partial charge on any atom is 0.181 e. The summed E-state index contributed by atoms with van der Waals surface area (Å²) in [7, 11) is 0. The molecular formula is C25H30N6O2. The van der Waals surface area contributed by atoms with E-state index in [1.165, 1.54) is 0 Å². The molecule has 2 aromatic carbocycles. The summed E-state index contributed by atoms with van der Waals surface area (Å²) in [5, 5.41) is 16.3. The molecule has 172 valence electrons. The highest BCUT2D eigenvalue weighted by molar-refractivity contribution is 5.95. The molecule has 0 radical (unpaired) electrons. The van der Waals surface area contributed by atoms with Gasteiger partial charge in [-0.1, -0.05) is 32.9 Å². The summed E-state index contributed by atoms with van der Waals surface area (Å²) in [6.45, 7) is 11.4. The number of benzene rings is 2. The quantitative estimate of drug-likeness (QED) is 0.465. The Morgan fingerprint density at radius 1 is 1.00 bits per heavy atom. The number of hydrogen-bond acceptors (Lipinski definition) is 6. The molecule has 0 bridgehead atoms. The van der Waals surface area contributed by atoms with Gasteiger partial charge in [-0.05, 0) is 30.3 Å². The lowest BCUT2D eigenvalue weighted by Crippen LogP contribution is -2.38. The highest BCUT2D eigenvalue weighted by Gasteiger charge is 2.20. The second-order valence-electron chi connectivity index (χ2n) is 9.42. The molecule has 1 aliphatic heterocycles. The summed E-state index contributed by atoms with van der Waals surface area (Å²) in [6, 6.07) is 14.2. The predicted molar refractivity (Wildman–Crippen MR) is 128 cm³/mol. The van der Waals surface area contributed by atoms with Crippen LogP contribution in [0.25, 0.3) is 33.5 Å². The molecule has 5 rings (SSSR count). The number of rotatable bonds is 6. The average Bonchev–Trinajstić information content (AvgIpc) is 3.47. The molecule has 1 fully saturated rings. The van der Waals surface area contributed by atoms with Crippen molar-refractivity contribution in [1.82, 2.24) is 30.3 Å². The average molecular weight is 447 g/mol. The zero-order valence-corrected chi connectivity index (χ0v) is 19.4. The van der Waals surface area contributed by atoms with E-state index in [2.05, 4.69) is 58.2 Å². The molecule has 0 spiro atoms. The number of fused-ring (bicyclic) bond motifs is 1. The van der Waals surface area contributed by atoms with Crippen molar-refractivity contribution in [2.24, 2.45) is 0 Å². The van der Waals surface area contributed by atoms with Crippen molar-refractivity contribution in [3.8, 4) is 28.4 Å². The van der Waals surface area contributed by atoms with Crippen molar-refractivity contribution in [3.63, 3.8) is 0 Å². The van der Waals surface area contributed by atoms with Gasteiger partial charge in [0, 0.05) is 41.6 Å². The van der Waals surface area contributed by atoms with E-state index >= 15 is 0 Å². The van der Waals surface area contributed by atoms with Crippen LogP contribution in [0.5, 0.6) is 5.75 Å². The Bertz CT molecular complexity index is 1230. The molecule has 1 saturated heterocycles. The Labute approximate surface area is 193 Å². The number of nitrogens with zero attached hydrogens (tertiary/aromatic N) is 4. The zero-order valence-electron chi connectivity index (χ0n) is 19.4. The molecule has 8 nitrogen and oxygen atoms in total. The molecule has 3 heterocycles. The van der Waals surface area contributed by atoms with E-state index in [4.69, 9.17) is 14.5 Å². The van der Waals surface area contributed by atoms with Crippen molar-refractivity contribution in [3.05, 3.63) is 48.3 Å². The first kappa shape index (κ1) is 21.6. The minimum absolute atomic E-state index is 0.0850. The van der Waals surface area contributed by atoms with Crippen LogP contribution in [0.3, 0.4) is 0 Å². The molecule has 0 atom stereocenters. The van der Waals surface area contributed by atoms with Crippen molar-refractivity contribution in [1.29, 1.82) is 0 Å². The van der Waals surface area contributed by atoms with Crippen LogP contribution in [0.4, 0.5) is 0 Å². The van der Waals surface area contributed by atoms with Gasteiger partial charge in [0.05, 0.1) is 18.7 Å². The zero-order chi connectivity index (χ0) is 22.8. The molecule has 2 N–H and O–H groups in total. The van der Waals surface area contributed by atoms with Gasteiger partial charge in [-0.2, -0.15) is 10.2 Å². The van der Waals surface area contributed by atoms with E-state index in [0.717, 1.165) is 72.1 Å². The van der Waals surface area contributed by atoms with Gasteiger partial charge >= 0.3 is 0 Å². The lowest BCUT2D eigenvalue weighted by molar-refractivity contribution is 0.0322. The van der Waals surface area contributed by atoms with Gasteiger partial charge in [0.2, 0.25) is 0 Å². The first-order chi connectivity index (χ1) is 16.0. The van der Waals surface area contributed by atoms with Gasteiger partial charge in [-0.15, -0.1) is 0 Å². The van der Waals surface area contributed by atoms with Crippen LogP contribution >= 0.6 is 0 Å². The first-order valence-corrected chi connectivity index (χ1v) is 11.4. The van der Waals surface area contributed by atoms with Crippen LogP contribution in [0, 0.1) is 0 Å². The van der Waals surface area contributed by atoms with Crippen molar-refractivity contribution in [2.45, 2.75) is 26.2 Å². The van der Waals surface area contributed by atoms with Gasteiger partial charge in [-0.25, -0.2) is 4.98 Å². The largest absolute Gasteiger partial charge is 0.492 e. The highest BCUT2D eigenvalue weighted by Crippen LogP contribution is 2.31. The van der Waals surface area contributed by atoms with Crippen molar-refractivity contribution < 1.29 is 9.47 Å². The maximum absolute atomic E-state index is 6.04. The van der Waals surface area contributed by atoms with Gasteiger partial charge in [-0.3, -0.25) is 15.1 Å². The van der Waals surface area contributed by atoms with E-state index in [-0.39, 0.29) is 5.41 Å². The van der Waals surface area contributed by atoms with Crippen LogP contribution in [0.2, 0.25) is 0 Å². The normalized spacial score (nSPS) is 15.2. The summed E-state index contributed by atoms with van der Waals surface area (Å²) in [6.07, 6.45) is 0. The molecule has 8 heteroatoms. The summed E-state index contributed by atoms with van der Waals surface area (Å²) < 4.78 is 11.4. The summed E-state index contributed by atoms with van der Waals surface area (Å²) in [4.78, 5) is 7.07. The van der Waals surface area contributed by atoms with Crippen LogP contribution in [0.15, 0.2) is 42.5 Å². The van der Waals surface area contributed by atoms with Gasteiger partial charge in [0.25, 0.3) is 0 Å². The molecular weight excluding hydrogens is 416 g/mol. The molecule has 2 aromatic heterocycles. The van der Waals surface area contributed by atoms with E-state index in [1.54, 1.807) is 0 Å². The monoisotopic (exact) mass is 446 g/mol. The SMILES string of the molecule is CC(C)(C)c1nc(-c2ccc3[nH]nc(-c4cccc(OCCN5CCOCC5)c4)c3c2)n[nH]1. The predicted octanol–water partition coefficient (Wildman–Crippen LogP) is 4.02. The minimum Gasteiger partial charge on any atom is -0.492 e. The summed E-state index contributed by atoms with van der Waals surface area (Å²) in [5.41, 5.74) is 3.73. The fourth-order valence-corrected chi connectivity index (χ4v) is 3.95. The number of hydrogen-bond donors (Lipinski definition) is 2. The van der Waals surface area contributed by atoms with Crippen LogP contribution in [0.1, 0.15) is 26.6 Å². The molecule has 0 unspecified atom stereocenters. The Morgan fingerprint density at radius 3 is 2.64 bits per heavy atom. The molecule has 0 saturated carbocycles. The maximum atomic E-state index is 6.04. The molecule has 0 amide bonds. The van der Waals surface area contributed by atoms with Gasteiger partial charge in [0.15, 0.2) is 5.82 Å². The van der Waals surface area contributed by atoms with Gasteiger partial charge in [0.1, 0.15) is 23.9 Å². The second kappa shape index (κ2) is 8.96. The minimum atomic E-state index is -0.0850. The van der Waals surface area contributed by atoms with Crippen LogP contribution < -0.4 is 4.74 Å². The summed E-state index contributed by atoms with van der Waals surface area (Å²) in [5.74, 6) is 2.40. The first-order valence-electron chi connectivity index (χ1n) is 11.4.